The molecule has 1 aliphatic rings. The zero-order valence-electron chi connectivity index (χ0n) is 14.1. The number of rotatable bonds is 7. The third kappa shape index (κ3) is 5.21. The molecule has 23 heavy (non-hydrogen) atoms. The summed E-state index contributed by atoms with van der Waals surface area (Å²) in [5.41, 5.74) is 0.625. The van der Waals surface area contributed by atoms with Gasteiger partial charge in [-0.15, -0.1) is 0 Å². The molecule has 0 saturated carbocycles. The van der Waals surface area contributed by atoms with Gasteiger partial charge < -0.3 is 10.1 Å². The number of ether oxygens (including phenoxy) is 1. The van der Waals surface area contributed by atoms with Crippen LogP contribution in [0.5, 0.6) is 5.75 Å². The van der Waals surface area contributed by atoms with Crippen molar-refractivity contribution in [3.05, 3.63) is 28.2 Å². The summed E-state index contributed by atoms with van der Waals surface area (Å²) in [5, 5.41) is 3.10. The maximum Gasteiger partial charge on any atom is 0.252 e. The first-order valence-corrected chi connectivity index (χ1v) is 9.30. The number of hydrogen-bond donors (Lipinski definition) is 1. The first-order chi connectivity index (χ1) is 11.2. The molecule has 0 bridgehead atoms. The quantitative estimate of drug-likeness (QED) is 0.778. The summed E-state index contributed by atoms with van der Waals surface area (Å²) >= 11 is 3.45. The van der Waals surface area contributed by atoms with Gasteiger partial charge in [0.1, 0.15) is 5.75 Å². The minimum absolute atomic E-state index is 0.0446. The Hall–Kier alpha value is -1.07. The van der Waals surface area contributed by atoms with Crippen LogP contribution in [-0.4, -0.2) is 43.6 Å². The van der Waals surface area contributed by atoms with E-state index in [0.29, 0.717) is 23.9 Å². The van der Waals surface area contributed by atoms with Crippen LogP contribution in [0.15, 0.2) is 22.7 Å². The molecule has 0 radical (unpaired) electrons. The maximum atomic E-state index is 12.5. The number of likely N-dealkylation sites (tertiary alicyclic amines) is 1. The van der Waals surface area contributed by atoms with Crippen LogP contribution < -0.4 is 10.1 Å². The lowest BCUT2D eigenvalue weighted by molar-refractivity contribution is 0.0911. The molecule has 1 saturated heterocycles. The van der Waals surface area contributed by atoms with Crippen molar-refractivity contribution in [2.45, 2.75) is 45.1 Å². The third-order valence-electron chi connectivity index (χ3n) is 4.46. The number of benzene rings is 1. The number of carbonyl (C=O) groups excluding carboxylic acids is 1. The van der Waals surface area contributed by atoms with E-state index in [1.54, 1.807) is 13.2 Å². The van der Waals surface area contributed by atoms with Crippen LogP contribution in [0.1, 0.15) is 49.4 Å². The summed E-state index contributed by atoms with van der Waals surface area (Å²) < 4.78 is 6.00. The number of piperidine rings is 1. The van der Waals surface area contributed by atoms with E-state index in [9.17, 15) is 4.79 Å². The Bertz CT molecular complexity index is 522. The molecule has 5 heteroatoms. The summed E-state index contributed by atoms with van der Waals surface area (Å²) in [6, 6.07) is 5.93. The average Bonchev–Trinajstić information content (AvgIpc) is 2.59. The molecule has 0 aromatic heterocycles. The van der Waals surface area contributed by atoms with Crippen molar-refractivity contribution in [3.63, 3.8) is 0 Å². The van der Waals surface area contributed by atoms with E-state index < -0.39 is 0 Å². The van der Waals surface area contributed by atoms with Crippen molar-refractivity contribution in [3.8, 4) is 5.75 Å². The molecule has 1 N–H and O–H groups in total. The van der Waals surface area contributed by atoms with E-state index in [2.05, 4.69) is 33.1 Å². The Balaban J connectivity index is 1.94. The second-order valence-corrected chi connectivity index (χ2v) is 6.95. The van der Waals surface area contributed by atoms with Gasteiger partial charge in [0.15, 0.2) is 0 Å². The molecule has 0 spiro atoms. The SMILES string of the molecule is CCCCN1CCCCC1CNC(=O)c1cc(OC)ccc1Br. The molecular formula is C18H27BrN2O2. The van der Waals surface area contributed by atoms with Gasteiger partial charge in [-0.1, -0.05) is 19.8 Å². The Kier molecular flexibility index (Phi) is 7.37. The fourth-order valence-corrected chi connectivity index (χ4v) is 3.48. The van der Waals surface area contributed by atoms with Crippen LogP contribution >= 0.6 is 15.9 Å². The lowest BCUT2D eigenvalue weighted by atomic mass is 10.0. The molecule has 1 unspecified atom stereocenters. The van der Waals surface area contributed by atoms with Crippen molar-refractivity contribution in [2.75, 3.05) is 26.7 Å². The van der Waals surface area contributed by atoms with Crippen LogP contribution in [0.3, 0.4) is 0 Å². The van der Waals surface area contributed by atoms with Crippen molar-refractivity contribution >= 4 is 21.8 Å². The molecule has 0 aliphatic carbocycles. The minimum Gasteiger partial charge on any atom is -0.497 e. The molecule has 1 aromatic rings. The van der Waals surface area contributed by atoms with Crippen molar-refractivity contribution in [1.29, 1.82) is 0 Å². The maximum absolute atomic E-state index is 12.5. The topological polar surface area (TPSA) is 41.6 Å². The molecule has 1 atom stereocenters. The second kappa shape index (κ2) is 9.28. The van der Waals surface area contributed by atoms with E-state index >= 15 is 0 Å². The highest BCUT2D eigenvalue weighted by Gasteiger charge is 2.22. The number of unbranched alkanes of at least 4 members (excludes halogenated alkanes) is 1. The smallest absolute Gasteiger partial charge is 0.252 e. The summed E-state index contributed by atoms with van der Waals surface area (Å²) in [5.74, 6) is 0.650. The van der Waals surface area contributed by atoms with Crippen molar-refractivity contribution in [2.24, 2.45) is 0 Å². The van der Waals surface area contributed by atoms with Crippen LogP contribution in [0, 0.1) is 0 Å². The summed E-state index contributed by atoms with van der Waals surface area (Å²) in [4.78, 5) is 15.0. The molecule has 1 amide bonds. The van der Waals surface area contributed by atoms with Crippen LogP contribution in [0.4, 0.5) is 0 Å². The van der Waals surface area contributed by atoms with Gasteiger partial charge in [0.2, 0.25) is 0 Å². The van der Waals surface area contributed by atoms with E-state index in [0.717, 1.165) is 17.6 Å². The van der Waals surface area contributed by atoms with E-state index in [-0.39, 0.29) is 5.91 Å². The normalized spacial score (nSPS) is 18.7. The number of carbonyl (C=O) groups is 1. The van der Waals surface area contributed by atoms with Crippen LogP contribution in [0.25, 0.3) is 0 Å². The minimum atomic E-state index is -0.0446. The highest BCUT2D eigenvalue weighted by atomic mass is 79.9. The van der Waals surface area contributed by atoms with Crippen molar-refractivity contribution < 1.29 is 9.53 Å². The molecular weight excluding hydrogens is 356 g/mol. The predicted octanol–water partition coefficient (Wildman–Crippen LogP) is 3.84. The summed E-state index contributed by atoms with van der Waals surface area (Å²) in [6.07, 6.45) is 6.14. The van der Waals surface area contributed by atoms with Crippen molar-refractivity contribution in [1.82, 2.24) is 10.2 Å². The monoisotopic (exact) mass is 382 g/mol. The molecule has 1 heterocycles. The first kappa shape index (κ1) is 18.3. The summed E-state index contributed by atoms with van der Waals surface area (Å²) in [7, 11) is 1.61. The molecule has 1 fully saturated rings. The molecule has 4 nitrogen and oxygen atoms in total. The third-order valence-corrected chi connectivity index (χ3v) is 5.16. The standard InChI is InChI=1S/C18H27BrN2O2/c1-3-4-10-21-11-6-5-7-14(21)13-20-18(22)16-12-15(23-2)8-9-17(16)19/h8-9,12,14H,3-7,10-11,13H2,1-2H3,(H,20,22). The first-order valence-electron chi connectivity index (χ1n) is 8.51. The largest absolute Gasteiger partial charge is 0.497 e. The number of hydrogen-bond acceptors (Lipinski definition) is 3. The van der Waals surface area contributed by atoms with Gasteiger partial charge in [-0.2, -0.15) is 0 Å². The Morgan fingerprint density at radius 3 is 3.00 bits per heavy atom. The lowest BCUT2D eigenvalue weighted by Crippen LogP contribution is -2.47. The fourth-order valence-electron chi connectivity index (χ4n) is 3.06. The lowest BCUT2D eigenvalue weighted by Gasteiger charge is -2.35. The Morgan fingerprint density at radius 2 is 2.26 bits per heavy atom. The number of methoxy groups -OCH3 is 1. The Labute approximate surface area is 147 Å². The molecule has 1 aliphatic heterocycles. The number of halogens is 1. The van der Waals surface area contributed by atoms with E-state index in [1.807, 2.05) is 12.1 Å². The zero-order valence-corrected chi connectivity index (χ0v) is 15.7. The highest BCUT2D eigenvalue weighted by molar-refractivity contribution is 9.10. The molecule has 2 rings (SSSR count). The van der Waals surface area contributed by atoms with Gasteiger partial charge in [0.05, 0.1) is 12.7 Å². The predicted molar refractivity (Wildman–Crippen MR) is 97.1 cm³/mol. The van der Waals surface area contributed by atoms with Crippen LogP contribution in [0.2, 0.25) is 0 Å². The second-order valence-electron chi connectivity index (χ2n) is 6.09. The Morgan fingerprint density at radius 1 is 1.43 bits per heavy atom. The van der Waals surface area contributed by atoms with Gasteiger partial charge in [-0.25, -0.2) is 0 Å². The summed E-state index contributed by atoms with van der Waals surface area (Å²) in [6.45, 7) is 5.23. The molecule has 128 valence electrons. The zero-order chi connectivity index (χ0) is 16.7. The fraction of sp³-hybridized carbons (Fsp3) is 0.611. The number of amides is 1. The van der Waals surface area contributed by atoms with Gasteiger partial charge in [0.25, 0.3) is 5.91 Å². The highest BCUT2D eigenvalue weighted by Crippen LogP contribution is 2.23. The van der Waals surface area contributed by atoms with Gasteiger partial charge in [0, 0.05) is 17.1 Å². The number of nitrogens with one attached hydrogen (secondary N) is 1. The van der Waals surface area contributed by atoms with E-state index in [1.165, 1.54) is 32.1 Å². The average molecular weight is 383 g/mol. The van der Waals surface area contributed by atoms with Gasteiger partial charge >= 0.3 is 0 Å². The van der Waals surface area contributed by atoms with Gasteiger partial charge in [-0.05, 0) is 66.5 Å². The van der Waals surface area contributed by atoms with E-state index in [4.69, 9.17) is 4.74 Å². The molecule has 1 aromatic carbocycles. The van der Waals surface area contributed by atoms with Crippen LogP contribution in [-0.2, 0) is 0 Å². The number of nitrogens with zero attached hydrogens (tertiary/aromatic N) is 1. The van der Waals surface area contributed by atoms with Gasteiger partial charge in [-0.3, -0.25) is 9.69 Å².